The number of methoxy groups -OCH3 is 1. The van der Waals surface area contributed by atoms with E-state index >= 15 is 0 Å². The van der Waals surface area contributed by atoms with Crippen molar-refractivity contribution in [2.75, 3.05) is 49.8 Å². The van der Waals surface area contributed by atoms with Gasteiger partial charge in [-0.1, -0.05) is 12.6 Å². The lowest BCUT2D eigenvalue weighted by Gasteiger charge is -2.29. The summed E-state index contributed by atoms with van der Waals surface area (Å²) in [4.78, 5) is 21.4. The molecule has 1 atom stereocenters. The number of amides is 1. The van der Waals surface area contributed by atoms with Crippen molar-refractivity contribution in [1.82, 2.24) is 14.5 Å². The Labute approximate surface area is 221 Å². The van der Waals surface area contributed by atoms with E-state index in [2.05, 4.69) is 39.0 Å². The fourth-order valence-electron chi connectivity index (χ4n) is 4.92. The molecule has 1 amide bonds. The van der Waals surface area contributed by atoms with Gasteiger partial charge in [-0.15, -0.1) is 0 Å². The highest BCUT2D eigenvalue weighted by atomic mass is 19.1. The number of fused-ring (bicyclic) bond motifs is 1. The Morgan fingerprint density at radius 2 is 2.08 bits per heavy atom. The first-order chi connectivity index (χ1) is 18.4. The summed E-state index contributed by atoms with van der Waals surface area (Å²) in [5.74, 6) is 0.584. The van der Waals surface area contributed by atoms with E-state index in [1.165, 1.54) is 18.2 Å². The number of likely N-dealkylation sites (tertiary alicyclic amines) is 1. The molecule has 38 heavy (non-hydrogen) atoms. The highest BCUT2D eigenvalue weighted by Gasteiger charge is 2.26. The largest absolute Gasteiger partial charge is 0.494 e. The number of anilines is 4. The standard InChI is InChI=1S/C29H31FN6O2/c1-5-29(37)33-23-14-24(27(38-4)15-26(23)35(3)22-10-11-34(2)18-22)32-28-16-25-19(17-31-28)9-12-36(25)21-8-6-7-20(30)13-21/h5-9,12-17,22H,1,10-11,18H2,2-4H3,(H,31,32)(H,33,37). The van der Waals surface area contributed by atoms with E-state index in [4.69, 9.17) is 4.74 Å². The SMILES string of the molecule is C=CC(=O)Nc1cc(Nc2cc3c(ccn3-c3cccc(F)c3)cn2)c(OC)cc1N(C)C1CCN(C)C1. The number of hydrogen-bond acceptors (Lipinski definition) is 6. The molecule has 0 bridgehead atoms. The minimum absolute atomic E-state index is 0.299. The van der Waals surface area contributed by atoms with Crippen LogP contribution in [0.15, 0.2) is 73.6 Å². The maximum Gasteiger partial charge on any atom is 0.247 e. The zero-order valence-corrected chi connectivity index (χ0v) is 21.7. The molecule has 1 aliphatic rings. The number of nitrogens with one attached hydrogen (secondary N) is 2. The van der Waals surface area contributed by atoms with Crippen LogP contribution < -0.4 is 20.3 Å². The van der Waals surface area contributed by atoms with E-state index in [1.807, 2.05) is 48.1 Å². The van der Waals surface area contributed by atoms with E-state index in [9.17, 15) is 9.18 Å². The van der Waals surface area contributed by atoms with Gasteiger partial charge in [0.1, 0.15) is 17.4 Å². The van der Waals surface area contributed by atoms with Gasteiger partial charge in [-0.3, -0.25) is 4.79 Å². The molecule has 5 rings (SSSR count). The van der Waals surface area contributed by atoms with E-state index < -0.39 is 0 Å². The molecule has 2 aromatic heterocycles. The first-order valence-corrected chi connectivity index (χ1v) is 12.4. The lowest BCUT2D eigenvalue weighted by atomic mass is 10.1. The molecule has 2 aromatic carbocycles. The summed E-state index contributed by atoms with van der Waals surface area (Å²) >= 11 is 0. The third-order valence-corrected chi connectivity index (χ3v) is 6.98. The summed E-state index contributed by atoms with van der Waals surface area (Å²) < 4.78 is 21.5. The first kappa shape index (κ1) is 25.3. The number of likely N-dealkylation sites (N-methyl/N-ethyl adjacent to an activating group) is 2. The lowest BCUT2D eigenvalue weighted by molar-refractivity contribution is -0.111. The maximum atomic E-state index is 13.9. The molecule has 3 heterocycles. The number of nitrogens with zero attached hydrogens (tertiary/aromatic N) is 4. The normalized spacial score (nSPS) is 15.4. The molecule has 8 nitrogen and oxygen atoms in total. The van der Waals surface area contributed by atoms with Gasteiger partial charge < -0.3 is 29.7 Å². The Hall–Kier alpha value is -4.37. The fraction of sp³-hybridized carbons (Fsp3) is 0.241. The lowest BCUT2D eigenvalue weighted by Crippen LogP contribution is -2.34. The van der Waals surface area contributed by atoms with E-state index in [1.54, 1.807) is 19.4 Å². The number of benzene rings is 2. The Balaban J connectivity index is 1.52. The number of pyridine rings is 1. The topological polar surface area (TPSA) is 74.7 Å². The molecule has 2 N–H and O–H groups in total. The van der Waals surface area contributed by atoms with Crippen LogP contribution in [0.1, 0.15) is 6.42 Å². The molecule has 196 valence electrons. The second-order valence-corrected chi connectivity index (χ2v) is 9.50. The zero-order chi connectivity index (χ0) is 26.8. The summed E-state index contributed by atoms with van der Waals surface area (Å²) in [6, 6.07) is 14.4. The molecule has 9 heteroatoms. The maximum absolute atomic E-state index is 13.9. The predicted octanol–water partition coefficient (Wildman–Crippen LogP) is 5.18. The molecule has 1 saturated heterocycles. The summed E-state index contributed by atoms with van der Waals surface area (Å²) in [6.07, 6.45) is 5.93. The minimum Gasteiger partial charge on any atom is -0.494 e. The van der Waals surface area contributed by atoms with Gasteiger partial charge in [-0.25, -0.2) is 9.37 Å². The van der Waals surface area contributed by atoms with Crippen LogP contribution in [-0.2, 0) is 4.79 Å². The van der Waals surface area contributed by atoms with Crippen LogP contribution in [0.2, 0.25) is 0 Å². The number of aromatic nitrogens is 2. The number of rotatable bonds is 8. The van der Waals surface area contributed by atoms with Gasteiger partial charge >= 0.3 is 0 Å². The van der Waals surface area contributed by atoms with Crippen LogP contribution >= 0.6 is 0 Å². The zero-order valence-electron chi connectivity index (χ0n) is 21.7. The van der Waals surface area contributed by atoms with Crippen molar-refractivity contribution in [3.63, 3.8) is 0 Å². The van der Waals surface area contributed by atoms with Crippen molar-refractivity contribution in [2.45, 2.75) is 12.5 Å². The number of carbonyl (C=O) groups excluding carboxylic acids is 1. The molecule has 0 spiro atoms. The number of hydrogen-bond donors (Lipinski definition) is 2. The third-order valence-electron chi connectivity index (χ3n) is 6.98. The van der Waals surface area contributed by atoms with Crippen molar-refractivity contribution >= 4 is 39.7 Å². The molecule has 4 aromatic rings. The van der Waals surface area contributed by atoms with Crippen LogP contribution in [0.4, 0.5) is 27.3 Å². The highest BCUT2D eigenvalue weighted by molar-refractivity contribution is 6.02. The summed E-state index contributed by atoms with van der Waals surface area (Å²) in [6.45, 7) is 5.55. The minimum atomic E-state index is -0.301. The van der Waals surface area contributed by atoms with Crippen LogP contribution in [0.25, 0.3) is 16.6 Å². The Morgan fingerprint density at radius 1 is 1.24 bits per heavy atom. The Morgan fingerprint density at radius 3 is 2.79 bits per heavy atom. The monoisotopic (exact) mass is 514 g/mol. The second-order valence-electron chi connectivity index (χ2n) is 9.50. The van der Waals surface area contributed by atoms with Crippen molar-refractivity contribution in [2.24, 2.45) is 0 Å². The van der Waals surface area contributed by atoms with Gasteiger partial charge in [-0.2, -0.15) is 0 Å². The van der Waals surface area contributed by atoms with Gasteiger partial charge in [0.2, 0.25) is 5.91 Å². The molecular formula is C29H31FN6O2. The molecular weight excluding hydrogens is 483 g/mol. The molecule has 0 saturated carbocycles. The summed E-state index contributed by atoms with van der Waals surface area (Å²) in [7, 11) is 5.75. The molecule has 0 aliphatic carbocycles. The fourth-order valence-corrected chi connectivity index (χ4v) is 4.92. The molecule has 1 fully saturated rings. The third kappa shape index (κ3) is 5.05. The Bertz CT molecular complexity index is 1500. The van der Waals surface area contributed by atoms with Crippen LogP contribution in [0, 0.1) is 5.82 Å². The van der Waals surface area contributed by atoms with Crippen molar-refractivity contribution < 1.29 is 13.9 Å². The van der Waals surface area contributed by atoms with Crippen LogP contribution in [0.3, 0.4) is 0 Å². The molecule has 0 radical (unpaired) electrons. The average Bonchev–Trinajstić information content (AvgIpc) is 3.54. The van der Waals surface area contributed by atoms with E-state index in [0.29, 0.717) is 34.7 Å². The number of ether oxygens (including phenoxy) is 1. The Kier molecular flexibility index (Phi) is 7.02. The smallest absolute Gasteiger partial charge is 0.247 e. The molecule has 1 aliphatic heterocycles. The van der Waals surface area contributed by atoms with E-state index in [0.717, 1.165) is 36.1 Å². The molecule has 1 unspecified atom stereocenters. The first-order valence-electron chi connectivity index (χ1n) is 12.4. The van der Waals surface area contributed by atoms with Gasteiger partial charge in [0.25, 0.3) is 0 Å². The van der Waals surface area contributed by atoms with Crippen molar-refractivity contribution in [3.05, 3.63) is 79.4 Å². The predicted molar refractivity (Wildman–Crippen MR) is 150 cm³/mol. The van der Waals surface area contributed by atoms with Crippen molar-refractivity contribution in [3.8, 4) is 11.4 Å². The van der Waals surface area contributed by atoms with Crippen LogP contribution in [-0.4, -0.2) is 60.7 Å². The van der Waals surface area contributed by atoms with Gasteiger partial charge in [0.15, 0.2) is 0 Å². The van der Waals surface area contributed by atoms with Crippen LogP contribution in [0.5, 0.6) is 5.75 Å². The van der Waals surface area contributed by atoms with E-state index in [-0.39, 0.29) is 11.7 Å². The summed E-state index contributed by atoms with van der Waals surface area (Å²) in [5, 5.41) is 7.21. The highest BCUT2D eigenvalue weighted by Crippen LogP contribution is 2.39. The second kappa shape index (κ2) is 10.5. The average molecular weight is 515 g/mol. The quantitative estimate of drug-likeness (QED) is 0.316. The van der Waals surface area contributed by atoms with Crippen molar-refractivity contribution in [1.29, 1.82) is 0 Å². The van der Waals surface area contributed by atoms with Gasteiger partial charge in [0, 0.05) is 55.2 Å². The van der Waals surface area contributed by atoms with Gasteiger partial charge in [0.05, 0.1) is 29.7 Å². The number of carbonyl (C=O) groups is 1. The van der Waals surface area contributed by atoms with Gasteiger partial charge in [-0.05, 0) is 56.4 Å². The number of halogens is 1. The summed E-state index contributed by atoms with van der Waals surface area (Å²) in [5.41, 5.74) is 3.72.